The number of halogens is 2. The largest absolute Gasteiger partial charge is 1.00 e. The fourth-order valence-corrected chi connectivity index (χ4v) is 3.71. The van der Waals surface area contributed by atoms with Gasteiger partial charge in [-0.1, -0.05) is 79.7 Å². The summed E-state index contributed by atoms with van der Waals surface area (Å²) >= 11 is 1.83. The molecule has 0 atom stereocenters. The van der Waals surface area contributed by atoms with Gasteiger partial charge in [0, 0.05) is 28.9 Å². The Morgan fingerprint density at radius 3 is 1.54 bits per heavy atom. The number of pyridine rings is 2. The maximum atomic E-state index is 12.4. The molecule has 202 valence electrons. The van der Waals surface area contributed by atoms with Crippen molar-refractivity contribution >= 4 is 11.3 Å². The zero-order chi connectivity index (χ0) is 26.9. The topological polar surface area (TPSA) is 27.0 Å². The van der Waals surface area contributed by atoms with Gasteiger partial charge in [-0.05, 0) is 70.5 Å². The first-order chi connectivity index (χ1) is 17.1. The minimum Gasteiger partial charge on any atom is -1.00 e. The number of aromatic amines is 1. The molecule has 3 aromatic heterocycles. The van der Waals surface area contributed by atoms with E-state index in [1.54, 1.807) is 0 Å². The number of H-pyrrole nitrogens is 1. The summed E-state index contributed by atoms with van der Waals surface area (Å²) in [6, 6.07) is 21.1. The minimum atomic E-state index is -0.163. The number of nitrogens with one attached hydrogen (secondary N) is 1. The molecule has 5 heteroatoms. The van der Waals surface area contributed by atoms with Gasteiger partial charge in [0.25, 0.3) is 0 Å². The fourth-order valence-electron chi connectivity index (χ4n) is 2.97. The molecule has 4 aromatic rings. The van der Waals surface area contributed by atoms with Gasteiger partial charge in [-0.25, -0.2) is 9.37 Å². The SMILES string of the molecule is CC(C)c1cc[nH+]cc1.CC(C)c1ccc(F)cc1.CC(C)c1ccccn1.CC(C)c1cccs1.[Cl-]. The summed E-state index contributed by atoms with van der Waals surface area (Å²) in [4.78, 5) is 8.64. The van der Waals surface area contributed by atoms with Crippen molar-refractivity contribution in [1.82, 2.24) is 4.98 Å². The van der Waals surface area contributed by atoms with E-state index < -0.39 is 0 Å². The highest BCUT2D eigenvalue weighted by Gasteiger charge is 1.98. The smallest absolute Gasteiger partial charge is 0.167 e. The average molecular weight is 543 g/mol. The molecular weight excluding hydrogens is 499 g/mol. The molecular formula is C32H44ClFN2S. The Labute approximate surface area is 234 Å². The third kappa shape index (κ3) is 15.3. The molecule has 37 heavy (non-hydrogen) atoms. The van der Waals surface area contributed by atoms with Gasteiger partial charge in [0.1, 0.15) is 5.82 Å². The number of benzene rings is 1. The highest BCUT2D eigenvalue weighted by Crippen LogP contribution is 2.18. The van der Waals surface area contributed by atoms with Gasteiger partial charge in [0.15, 0.2) is 12.4 Å². The normalized spacial score (nSPS) is 9.97. The van der Waals surface area contributed by atoms with Gasteiger partial charge in [-0.15, -0.1) is 11.3 Å². The van der Waals surface area contributed by atoms with E-state index >= 15 is 0 Å². The van der Waals surface area contributed by atoms with Crippen LogP contribution in [0.1, 0.15) is 101 Å². The second-order valence-electron chi connectivity index (χ2n) is 9.77. The molecule has 0 unspecified atom stereocenters. The van der Waals surface area contributed by atoms with Gasteiger partial charge in [-0.2, -0.15) is 0 Å². The van der Waals surface area contributed by atoms with Crippen molar-refractivity contribution in [1.29, 1.82) is 0 Å². The fraction of sp³-hybridized carbons (Fsp3) is 0.375. The summed E-state index contributed by atoms with van der Waals surface area (Å²) < 4.78 is 12.4. The molecule has 1 aromatic carbocycles. The molecule has 0 aliphatic rings. The van der Waals surface area contributed by atoms with E-state index in [-0.39, 0.29) is 18.2 Å². The molecule has 0 amide bonds. The summed E-state index contributed by atoms with van der Waals surface area (Å²) in [5.74, 6) is 2.21. The first-order valence-corrected chi connectivity index (χ1v) is 13.7. The predicted octanol–water partition coefficient (Wildman–Crippen LogP) is 6.65. The molecule has 3 heterocycles. The Morgan fingerprint density at radius 1 is 0.649 bits per heavy atom. The lowest BCUT2D eigenvalue weighted by molar-refractivity contribution is -0.378. The van der Waals surface area contributed by atoms with E-state index in [0.717, 1.165) is 5.69 Å². The Balaban J connectivity index is 0.000000464. The number of nitrogens with zero attached hydrogens (tertiary/aromatic N) is 1. The van der Waals surface area contributed by atoms with Gasteiger partial charge in [0.05, 0.1) is 0 Å². The van der Waals surface area contributed by atoms with E-state index in [1.807, 2.05) is 60.3 Å². The monoisotopic (exact) mass is 542 g/mol. The lowest BCUT2D eigenvalue weighted by Crippen LogP contribution is -3.00. The molecule has 0 saturated heterocycles. The van der Waals surface area contributed by atoms with E-state index in [4.69, 9.17) is 0 Å². The molecule has 1 N–H and O–H groups in total. The summed E-state index contributed by atoms with van der Waals surface area (Å²) in [6.07, 6.45) is 5.74. The van der Waals surface area contributed by atoms with Crippen LogP contribution >= 0.6 is 11.3 Å². The maximum Gasteiger partial charge on any atom is 0.167 e. The Morgan fingerprint density at radius 2 is 1.22 bits per heavy atom. The van der Waals surface area contributed by atoms with Crippen molar-refractivity contribution in [2.75, 3.05) is 0 Å². The van der Waals surface area contributed by atoms with Gasteiger partial charge < -0.3 is 12.4 Å². The van der Waals surface area contributed by atoms with Crippen molar-refractivity contribution in [3.63, 3.8) is 0 Å². The van der Waals surface area contributed by atoms with Crippen molar-refractivity contribution in [3.05, 3.63) is 118 Å². The van der Waals surface area contributed by atoms with E-state index in [1.165, 1.54) is 28.1 Å². The van der Waals surface area contributed by atoms with Crippen LogP contribution in [0.15, 0.2) is 90.7 Å². The molecule has 0 aliphatic heterocycles. The van der Waals surface area contributed by atoms with Gasteiger partial charge in [0.2, 0.25) is 0 Å². The van der Waals surface area contributed by atoms with Crippen LogP contribution in [-0.2, 0) is 0 Å². The molecule has 0 saturated carbocycles. The van der Waals surface area contributed by atoms with Crippen molar-refractivity contribution in [2.24, 2.45) is 0 Å². The Hall–Kier alpha value is -2.56. The highest BCUT2D eigenvalue weighted by molar-refractivity contribution is 7.10. The average Bonchev–Trinajstić information content (AvgIpc) is 3.42. The van der Waals surface area contributed by atoms with E-state index in [0.29, 0.717) is 23.7 Å². The van der Waals surface area contributed by atoms with Crippen LogP contribution in [0, 0.1) is 5.82 Å². The predicted molar refractivity (Wildman–Crippen MR) is 154 cm³/mol. The van der Waals surface area contributed by atoms with Crippen LogP contribution < -0.4 is 17.4 Å². The van der Waals surface area contributed by atoms with E-state index in [2.05, 4.69) is 95.0 Å². The number of aromatic nitrogens is 2. The molecule has 4 rings (SSSR count). The van der Waals surface area contributed by atoms with Crippen LogP contribution in [0.5, 0.6) is 0 Å². The van der Waals surface area contributed by atoms with E-state index in [9.17, 15) is 4.39 Å². The highest BCUT2D eigenvalue weighted by atomic mass is 35.5. The molecule has 0 spiro atoms. The lowest BCUT2D eigenvalue weighted by atomic mass is 10.0. The number of hydrogen-bond donors (Lipinski definition) is 0. The number of hydrogen-bond acceptors (Lipinski definition) is 2. The summed E-state index contributed by atoms with van der Waals surface area (Å²) in [5, 5.41) is 2.12. The van der Waals surface area contributed by atoms with Crippen LogP contribution in [0.3, 0.4) is 0 Å². The summed E-state index contributed by atoms with van der Waals surface area (Å²) in [6.45, 7) is 17.3. The van der Waals surface area contributed by atoms with Crippen molar-refractivity contribution in [3.8, 4) is 0 Å². The number of thiophene rings is 1. The van der Waals surface area contributed by atoms with Crippen LogP contribution in [-0.4, -0.2) is 4.98 Å². The van der Waals surface area contributed by atoms with Crippen molar-refractivity contribution < 1.29 is 21.8 Å². The maximum absolute atomic E-state index is 12.4. The lowest BCUT2D eigenvalue weighted by Gasteiger charge is -2.02. The third-order valence-corrected chi connectivity index (χ3v) is 6.51. The third-order valence-electron chi connectivity index (χ3n) is 5.34. The van der Waals surface area contributed by atoms with Crippen LogP contribution in [0.25, 0.3) is 0 Å². The molecule has 0 bridgehead atoms. The van der Waals surface area contributed by atoms with Crippen LogP contribution in [0.4, 0.5) is 4.39 Å². The zero-order valence-electron chi connectivity index (χ0n) is 23.6. The summed E-state index contributed by atoms with van der Waals surface area (Å²) in [5.41, 5.74) is 3.73. The second kappa shape index (κ2) is 19.5. The number of rotatable bonds is 4. The second-order valence-corrected chi connectivity index (χ2v) is 10.8. The standard InChI is InChI=1S/C9H11F.2C8H11N.C7H10S.ClH/c1-7(2)8-3-5-9(10)6-4-8;1-7(2)8-3-5-9-6-4-8;1-7(2)8-5-3-4-6-9-8;1-6(2)7-4-3-5-8-7;/h3-7H,1-2H3;2*3-7H,1-2H3;3-6H,1-2H3;1H. The summed E-state index contributed by atoms with van der Waals surface area (Å²) in [7, 11) is 0. The minimum absolute atomic E-state index is 0. The molecule has 2 nitrogen and oxygen atoms in total. The quantitative estimate of drug-likeness (QED) is 0.283. The Bertz CT molecular complexity index is 990. The Kier molecular flexibility index (Phi) is 18.2. The van der Waals surface area contributed by atoms with Crippen molar-refractivity contribution in [2.45, 2.75) is 79.1 Å². The zero-order valence-corrected chi connectivity index (χ0v) is 25.2. The molecule has 0 aliphatic carbocycles. The molecule has 0 fully saturated rings. The van der Waals surface area contributed by atoms with Gasteiger partial charge in [-0.3, -0.25) is 4.98 Å². The molecule has 0 radical (unpaired) electrons. The first-order valence-electron chi connectivity index (χ1n) is 12.8. The van der Waals surface area contributed by atoms with Gasteiger partial charge >= 0.3 is 0 Å². The first kappa shape index (κ1) is 34.4. The van der Waals surface area contributed by atoms with Crippen LogP contribution in [0.2, 0.25) is 0 Å².